The topological polar surface area (TPSA) is 60.9 Å². The van der Waals surface area contributed by atoms with Crippen molar-refractivity contribution < 1.29 is 0 Å². The van der Waals surface area contributed by atoms with Crippen molar-refractivity contribution in [1.82, 2.24) is 9.55 Å². The molecule has 2 N–H and O–H groups in total. The van der Waals surface area contributed by atoms with E-state index in [-0.39, 0.29) is 17.8 Å². The Morgan fingerprint density at radius 3 is 2.92 bits per heavy atom. The average molecular weight is 181 g/mol. The lowest BCUT2D eigenvalue weighted by Gasteiger charge is -2.19. The Morgan fingerprint density at radius 1 is 1.69 bits per heavy atom. The van der Waals surface area contributed by atoms with Gasteiger partial charge in [0.1, 0.15) is 0 Å². The van der Waals surface area contributed by atoms with Gasteiger partial charge in [-0.15, -0.1) is 0 Å². The Kier molecular flexibility index (Phi) is 3.19. The summed E-state index contributed by atoms with van der Waals surface area (Å²) in [6, 6.07) is 1.74. The van der Waals surface area contributed by atoms with Gasteiger partial charge in [0.2, 0.25) is 0 Å². The number of aromatic nitrogens is 2. The average Bonchev–Trinajstić information content (AvgIpc) is 2.16. The fourth-order valence-corrected chi connectivity index (χ4v) is 1.23. The van der Waals surface area contributed by atoms with Crippen LogP contribution < -0.4 is 11.4 Å². The van der Waals surface area contributed by atoms with Crippen LogP contribution in [0.2, 0.25) is 0 Å². The smallest absolute Gasteiger partial charge is 0.326 e. The van der Waals surface area contributed by atoms with Gasteiger partial charge in [0.05, 0.1) is 6.04 Å². The summed E-state index contributed by atoms with van der Waals surface area (Å²) >= 11 is 0. The van der Waals surface area contributed by atoms with Gasteiger partial charge in [-0.25, -0.2) is 9.78 Å². The van der Waals surface area contributed by atoms with E-state index in [2.05, 4.69) is 4.98 Å². The normalized spacial score (nSPS) is 15.3. The van der Waals surface area contributed by atoms with E-state index >= 15 is 0 Å². The molecule has 1 heterocycles. The molecule has 2 unspecified atom stereocenters. The second kappa shape index (κ2) is 4.18. The van der Waals surface area contributed by atoms with Gasteiger partial charge in [-0.1, -0.05) is 6.92 Å². The van der Waals surface area contributed by atoms with Gasteiger partial charge >= 0.3 is 5.69 Å². The summed E-state index contributed by atoms with van der Waals surface area (Å²) in [7, 11) is 0. The van der Waals surface area contributed by atoms with Gasteiger partial charge in [0.15, 0.2) is 0 Å². The molecule has 0 radical (unpaired) electrons. The number of hydrogen-bond donors (Lipinski definition) is 1. The molecule has 0 aliphatic heterocycles. The van der Waals surface area contributed by atoms with E-state index in [9.17, 15) is 4.79 Å². The maximum Gasteiger partial charge on any atom is 0.347 e. The standard InChI is InChI=1S/C9H15N3O/c1-3-8(10)7(2)12-6-4-5-11-9(12)13/h4-8H,3,10H2,1-2H3. The van der Waals surface area contributed by atoms with Crippen molar-refractivity contribution in [3.05, 3.63) is 28.9 Å². The van der Waals surface area contributed by atoms with E-state index < -0.39 is 0 Å². The fourth-order valence-electron chi connectivity index (χ4n) is 1.23. The highest BCUT2D eigenvalue weighted by molar-refractivity contribution is 4.86. The summed E-state index contributed by atoms with van der Waals surface area (Å²) < 4.78 is 1.56. The minimum absolute atomic E-state index is 0.00176. The first-order chi connectivity index (χ1) is 6.16. The summed E-state index contributed by atoms with van der Waals surface area (Å²) in [6.45, 7) is 3.93. The van der Waals surface area contributed by atoms with Gasteiger partial charge in [0.25, 0.3) is 0 Å². The molecule has 72 valence electrons. The highest BCUT2D eigenvalue weighted by Crippen LogP contribution is 2.07. The van der Waals surface area contributed by atoms with E-state index in [1.807, 2.05) is 13.8 Å². The fraction of sp³-hybridized carbons (Fsp3) is 0.556. The molecule has 0 fully saturated rings. The Morgan fingerprint density at radius 2 is 2.38 bits per heavy atom. The molecule has 1 aromatic rings. The Labute approximate surface area is 77.4 Å². The summed E-state index contributed by atoms with van der Waals surface area (Å²) in [5.41, 5.74) is 5.59. The third-order valence-electron chi connectivity index (χ3n) is 2.27. The molecule has 0 saturated carbocycles. The highest BCUT2D eigenvalue weighted by Gasteiger charge is 2.13. The van der Waals surface area contributed by atoms with Crippen LogP contribution in [0.15, 0.2) is 23.3 Å². The second-order valence-corrected chi connectivity index (χ2v) is 3.12. The summed E-state index contributed by atoms with van der Waals surface area (Å²) in [5.74, 6) is 0. The van der Waals surface area contributed by atoms with Gasteiger partial charge in [-0.05, 0) is 19.4 Å². The van der Waals surface area contributed by atoms with Gasteiger partial charge in [-0.3, -0.25) is 4.57 Å². The zero-order valence-corrected chi connectivity index (χ0v) is 7.97. The Hall–Kier alpha value is -1.16. The molecule has 0 aromatic carbocycles. The maximum absolute atomic E-state index is 11.3. The highest BCUT2D eigenvalue weighted by atomic mass is 16.1. The lowest BCUT2D eigenvalue weighted by Crippen LogP contribution is -2.35. The van der Waals surface area contributed by atoms with Crippen LogP contribution in [-0.4, -0.2) is 15.6 Å². The predicted octanol–water partition coefficient (Wildman–Crippen LogP) is 0.542. The zero-order chi connectivity index (χ0) is 9.84. The van der Waals surface area contributed by atoms with E-state index in [1.165, 1.54) is 6.20 Å². The molecule has 2 atom stereocenters. The van der Waals surface area contributed by atoms with Crippen molar-refractivity contribution in [2.45, 2.75) is 32.4 Å². The van der Waals surface area contributed by atoms with Crippen molar-refractivity contribution in [3.8, 4) is 0 Å². The van der Waals surface area contributed by atoms with Crippen LogP contribution in [0.3, 0.4) is 0 Å². The second-order valence-electron chi connectivity index (χ2n) is 3.12. The van der Waals surface area contributed by atoms with E-state index in [0.717, 1.165) is 6.42 Å². The van der Waals surface area contributed by atoms with Crippen molar-refractivity contribution in [3.63, 3.8) is 0 Å². The van der Waals surface area contributed by atoms with Crippen LogP contribution in [0, 0.1) is 0 Å². The van der Waals surface area contributed by atoms with E-state index in [0.29, 0.717) is 0 Å². The molecule has 0 aliphatic rings. The first kappa shape index (κ1) is 9.92. The van der Waals surface area contributed by atoms with Crippen LogP contribution in [0.5, 0.6) is 0 Å². The first-order valence-corrected chi connectivity index (χ1v) is 4.45. The van der Waals surface area contributed by atoms with Crippen LogP contribution in [0.1, 0.15) is 26.3 Å². The molecule has 4 heteroatoms. The summed E-state index contributed by atoms with van der Waals surface area (Å²) in [6.07, 6.45) is 4.06. The van der Waals surface area contributed by atoms with Gasteiger partial charge in [0, 0.05) is 18.4 Å². The van der Waals surface area contributed by atoms with Crippen molar-refractivity contribution >= 4 is 0 Å². The molecule has 0 bridgehead atoms. The van der Waals surface area contributed by atoms with E-state index in [1.54, 1.807) is 16.8 Å². The number of rotatable bonds is 3. The molecule has 0 aliphatic carbocycles. The molecular formula is C9H15N3O. The van der Waals surface area contributed by atoms with Crippen LogP contribution in [0.25, 0.3) is 0 Å². The molecule has 0 amide bonds. The van der Waals surface area contributed by atoms with Crippen molar-refractivity contribution in [1.29, 1.82) is 0 Å². The van der Waals surface area contributed by atoms with Crippen molar-refractivity contribution in [2.75, 3.05) is 0 Å². The Balaban J connectivity index is 2.95. The molecule has 0 spiro atoms. The zero-order valence-electron chi connectivity index (χ0n) is 7.97. The van der Waals surface area contributed by atoms with Crippen molar-refractivity contribution in [2.24, 2.45) is 5.73 Å². The molecule has 4 nitrogen and oxygen atoms in total. The first-order valence-electron chi connectivity index (χ1n) is 4.45. The summed E-state index contributed by atoms with van der Waals surface area (Å²) in [5, 5.41) is 0. The van der Waals surface area contributed by atoms with Crippen LogP contribution in [-0.2, 0) is 0 Å². The minimum Gasteiger partial charge on any atom is -0.326 e. The number of nitrogens with zero attached hydrogens (tertiary/aromatic N) is 2. The minimum atomic E-state index is -0.237. The lowest BCUT2D eigenvalue weighted by molar-refractivity contribution is 0.415. The Bertz CT molecular complexity index is 321. The van der Waals surface area contributed by atoms with Gasteiger partial charge in [-0.2, -0.15) is 0 Å². The molecule has 13 heavy (non-hydrogen) atoms. The molecular weight excluding hydrogens is 166 g/mol. The summed E-state index contributed by atoms with van der Waals surface area (Å²) in [4.78, 5) is 14.9. The SMILES string of the molecule is CCC(N)C(C)n1cccnc1=O. The predicted molar refractivity (Wildman–Crippen MR) is 51.5 cm³/mol. The lowest BCUT2D eigenvalue weighted by atomic mass is 10.1. The van der Waals surface area contributed by atoms with E-state index in [4.69, 9.17) is 5.73 Å². The molecule has 0 saturated heterocycles. The number of hydrogen-bond acceptors (Lipinski definition) is 3. The monoisotopic (exact) mass is 181 g/mol. The molecule has 1 aromatic heterocycles. The molecule has 1 rings (SSSR count). The quantitative estimate of drug-likeness (QED) is 0.740. The number of nitrogens with two attached hydrogens (primary N) is 1. The third kappa shape index (κ3) is 2.15. The van der Waals surface area contributed by atoms with Crippen LogP contribution in [0.4, 0.5) is 0 Å². The third-order valence-corrected chi connectivity index (χ3v) is 2.27. The van der Waals surface area contributed by atoms with Crippen LogP contribution >= 0.6 is 0 Å². The largest absolute Gasteiger partial charge is 0.347 e. The maximum atomic E-state index is 11.3. The van der Waals surface area contributed by atoms with Gasteiger partial charge < -0.3 is 5.73 Å².